The zero-order valence-electron chi connectivity index (χ0n) is 9.96. The minimum Gasteiger partial charge on any atom is -0.320 e. The minimum atomic E-state index is 1.07. The van der Waals surface area contributed by atoms with Crippen LogP contribution in [0.1, 0.15) is 17.5 Å². The average Bonchev–Trinajstić information content (AvgIpc) is 2.29. The Morgan fingerprint density at radius 1 is 1.25 bits per heavy atom. The molecule has 1 N–H and O–H groups in total. The SMILES string of the molecule is CNCCCc1ccc2ncc(C)cc2c1. The van der Waals surface area contributed by atoms with Gasteiger partial charge >= 0.3 is 0 Å². The molecule has 0 saturated heterocycles. The number of rotatable bonds is 4. The fraction of sp³-hybridized carbons (Fsp3) is 0.357. The Labute approximate surface area is 96.7 Å². The molecule has 0 aliphatic heterocycles. The number of hydrogen-bond donors (Lipinski definition) is 1. The van der Waals surface area contributed by atoms with Crippen LogP contribution in [0.15, 0.2) is 30.5 Å². The molecule has 0 unspecified atom stereocenters. The highest BCUT2D eigenvalue weighted by Crippen LogP contribution is 2.16. The first-order chi connectivity index (χ1) is 7.79. The number of fused-ring (bicyclic) bond motifs is 1. The summed E-state index contributed by atoms with van der Waals surface area (Å²) in [7, 11) is 1.99. The number of pyridine rings is 1. The van der Waals surface area contributed by atoms with Gasteiger partial charge in [0.15, 0.2) is 0 Å². The van der Waals surface area contributed by atoms with Crippen molar-refractivity contribution in [1.82, 2.24) is 10.3 Å². The van der Waals surface area contributed by atoms with Crippen LogP contribution < -0.4 is 5.32 Å². The second-order valence-corrected chi connectivity index (χ2v) is 4.25. The molecule has 0 fully saturated rings. The summed E-state index contributed by atoms with van der Waals surface area (Å²) < 4.78 is 0. The van der Waals surface area contributed by atoms with Gasteiger partial charge in [-0.15, -0.1) is 0 Å². The highest BCUT2D eigenvalue weighted by molar-refractivity contribution is 5.79. The number of nitrogens with zero attached hydrogens (tertiary/aromatic N) is 1. The maximum Gasteiger partial charge on any atom is 0.0702 e. The Bertz CT molecular complexity index is 477. The van der Waals surface area contributed by atoms with Crippen LogP contribution in [-0.4, -0.2) is 18.6 Å². The molecule has 0 radical (unpaired) electrons. The van der Waals surface area contributed by atoms with Gasteiger partial charge in [0.2, 0.25) is 0 Å². The standard InChI is InChI=1S/C14H18N2/c1-11-8-13-9-12(4-3-7-15-2)5-6-14(13)16-10-11/h5-6,8-10,15H,3-4,7H2,1-2H3. The molecule has 16 heavy (non-hydrogen) atoms. The smallest absolute Gasteiger partial charge is 0.0702 e. The van der Waals surface area contributed by atoms with Crippen LogP contribution >= 0.6 is 0 Å². The normalized spacial score (nSPS) is 10.9. The van der Waals surface area contributed by atoms with E-state index in [0.717, 1.165) is 18.5 Å². The molecule has 1 aromatic carbocycles. The van der Waals surface area contributed by atoms with Gasteiger partial charge in [-0.25, -0.2) is 0 Å². The molecule has 0 aliphatic carbocycles. The van der Waals surface area contributed by atoms with Crippen LogP contribution in [-0.2, 0) is 6.42 Å². The quantitative estimate of drug-likeness (QED) is 0.791. The third-order valence-corrected chi connectivity index (χ3v) is 2.77. The maximum absolute atomic E-state index is 4.41. The lowest BCUT2D eigenvalue weighted by molar-refractivity contribution is 0.725. The molecule has 84 valence electrons. The fourth-order valence-corrected chi connectivity index (χ4v) is 1.92. The van der Waals surface area contributed by atoms with Gasteiger partial charge in [-0.2, -0.15) is 0 Å². The van der Waals surface area contributed by atoms with Gasteiger partial charge in [-0.3, -0.25) is 4.98 Å². The van der Waals surface area contributed by atoms with E-state index in [-0.39, 0.29) is 0 Å². The van der Waals surface area contributed by atoms with Gasteiger partial charge in [-0.05, 0) is 62.7 Å². The molecule has 2 nitrogen and oxygen atoms in total. The van der Waals surface area contributed by atoms with E-state index in [9.17, 15) is 0 Å². The van der Waals surface area contributed by atoms with Crippen molar-refractivity contribution >= 4 is 10.9 Å². The lowest BCUT2D eigenvalue weighted by Gasteiger charge is -2.04. The minimum absolute atomic E-state index is 1.07. The molecule has 2 heteroatoms. The highest BCUT2D eigenvalue weighted by atomic mass is 14.8. The Morgan fingerprint density at radius 2 is 2.12 bits per heavy atom. The van der Waals surface area contributed by atoms with Crippen molar-refractivity contribution in [3.8, 4) is 0 Å². The van der Waals surface area contributed by atoms with Gasteiger partial charge in [0.05, 0.1) is 5.52 Å². The number of hydrogen-bond acceptors (Lipinski definition) is 2. The van der Waals surface area contributed by atoms with E-state index in [4.69, 9.17) is 0 Å². The van der Waals surface area contributed by atoms with Gasteiger partial charge in [0.1, 0.15) is 0 Å². The molecule has 0 aliphatic rings. The molecule has 1 heterocycles. The molecular formula is C14H18N2. The number of benzene rings is 1. The lowest BCUT2D eigenvalue weighted by atomic mass is 10.1. The largest absolute Gasteiger partial charge is 0.320 e. The van der Waals surface area contributed by atoms with Gasteiger partial charge in [0.25, 0.3) is 0 Å². The van der Waals surface area contributed by atoms with E-state index in [1.165, 1.54) is 22.9 Å². The van der Waals surface area contributed by atoms with Gasteiger partial charge < -0.3 is 5.32 Å². The van der Waals surface area contributed by atoms with E-state index in [1.54, 1.807) is 0 Å². The average molecular weight is 214 g/mol. The first kappa shape index (κ1) is 11.1. The zero-order chi connectivity index (χ0) is 11.4. The van der Waals surface area contributed by atoms with Crippen molar-refractivity contribution in [2.24, 2.45) is 0 Å². The summed E-state index contributed by atoms with van der Waals surface area (Å²) in [6, 6.07) is 8.75. The van der Waals surface area contributed by atoms with Crippen molar-refractivity contribution in [3.63, 3.8) is 0 Å². The summed E-state index contributed by atoms with van der Waals surface area (Å²) in [6.07, 6.45) is 4.23. The monoisotopic (exact) mass is 214 g/mol. The number of aromatic nitrogens is 1. The summed E-state index contributed by atoms with van der Waals surface area (Å²) in [5.74, 6) is 0. The third kappa shape index (κ3) is 2.58. The van der Waals surface area contributed by atoms with Gasteiger partial charge in [-0.1, -0.05) is 6.07 Å². The first-order valence-electron chi connectivity index (χ1n) is 5.79. The second kappa shape index (κ2) is 5.08. The molecule has 0 atom stereocenters. The molecular weight excluding hydrogens is 196 g/mol. The predicted molar refractivity (Wildman–Crippen MR) is 68.7 cm³/mol. The van der Waals surface area contributed by atoms with Crippen molar-refractivity contribution in [2.75, 3.05) is 13.6 Å². The lowest BCUT2D eigenvalue weighted by Crippen LogP contribution is -2.08. The fourth-order valence-electron chi connectivity index (χ4n) is 1.92. The Balaban J connectivity index is 2.21. The van der Waals surface area contributed by atoms with E-state index < -0.39 is 0 Å². The van der Waals surface area contributed by atoms with E-state index in [0.29, 0.717) is 0 Å². The Morgan fingerprint density at radius 3 is 2.94 bits per heavy atom. The summed E-state index contributed by atoms with van der Waals surface area (Å²) >= 11 is 0. The molecule has 0 spiro atoms. The summed E-state index contributed by atoms with van der Waals surface area (Å²) in [4.78, 5) is 4.41. The van der Waals surface area contributed by atoms with Crippen molar-refractivity contribution in [1.29, 1.82) is 0 Å². The molecule has 0 amide bonds. The molecule has 0 saturated carbocycles. The van der Waals surface area contributed by atoms with E-state index in [2.05, 4.69) is 41.5 Å². The molecule has 0 bridgehead atoms. The first-order valence-corrected chi connectivity index (χ1v) is 5.79. The third-order valence-electron chi connectivity index (χ3n) is 2.77. The summed E-state index contributed by atoms with van der Waals surface area (Å²) in [6.45, 7) is 3.16. The predicted octanol–water partition coefficient (Wildman–Crippen LogP) is 2.70. The van der Waals surface area contributed by atoms with Gasteiger partial charge in [0, 0.05) is 11.6 Å². The Hall–Kier alpha value is -1.41. The highest BCUT2D eigenvalue weighted by Gasteiger charge is 1.98. The van der Waals surface area contributed by atoms with Crippen LogP contribution in [0.2, 0.25) is 0 Å². The van der Waals surface area contributed by atoms with Crippen LogP contribution in [0.5, 0.6) is 0 Å². The van der Waals surface area contributed by atoms with Crippen LogP contribution in [0.3, 0.4) is 0 Å². The summed E-state index contributed by atoms with van der Waals surface area (Å²) in [5, 5.41) is 4.42. The zero-order valence-corrected chi connectivity index (χ0v) is 9.96. The van der Waals surface area contributed by atoms with E-state index in [1.807, 2.05) is 13.2 Å². The molecule has 2 aromatic rings. The second-order valence-electron chi connectivity index (χ2n) is 4.25. The summed E-state index contributed by atoms with van der Waals surface area (Å²) in [5.41, 5.74) is 3.71. The van der Waals surface area contributed by atoms with E-state index >= 15 is 0 Å². The van der Waals surface area contributed by atoms with Crippen LogP contribution in [0, 0.1) is 6.92 Å². The van der Waals surface area contributed by atoms with Crippen molar-refractivity contribution in [2.45, 2.75) is 19.8 Å². The topological polar surface area (TPSA) is 24.9 Å². The Kier molecular flexibility index (Phi) is 3.52. The van der Waals surface area contributed by atoms with Crippen LogP contribution in [0.4, 0.5) is 0 Å². The number of aryl methyl sites for hydroxylation is 2. The van der Waals surface area contributed by atoms with Crippen molar-refractivity contribution < 1.29 is 0 Å². The number of nitrogens with one attached hydrogen (secondary N) is 1. The molecule has 1 aromatic heterocycles. The molecule has 2 rings (SSSR count). The van der Waals surface area contributed by atoms with Crippen LogP contribution in [0.25, 0.3) is 10.9 Å². The van der Waals surface area contributed by atoms with Crippen molar-refractivity contribution in [3.05, 3.63) is 41.6 Å². The maximum atomic E-state index is 4.41.